The molecule has 0 atom stereocenters. The van der Waals surface area contributed by atoms with Gasteiger partial charge in [0.1, 0.15) is 0 Å². The lowest BCUT2D eigenvalue weighted by Gasteiger charge is -2.24. The van der Waals surface area contributed by atoms with Crippen LogP contribution in [0.25, 0.3) is 0 Å². The first-order valence-corrected chi connectivity index (χ1v) is 7.20. The summed E-state index contributed by atoms with van der Waals surface area (Å²) in [5, 5.41) is 4.58. The molecule has 26 heavy (non-hydrogen) atoms. The number of hydrogen-bond donors (Lipinski definition) is 2. The van der Waals surface area contributed by atoms with E-state index in [2.05, 4.69) is 11.2 Å². The van der Waals surface area contributed by atoms with Crippen LogP contribution < -0.4 is 10.6 Å². The Kier molecular flexibility index (Phi) is 6.19. The maximum absolute atomic E-state index is 13.0. The van der Waals surface area contributed by atoms with E-state index in [1.165, 1.54) is 0 Å². The zero-order valence-corrected chi connectivity index (χ0v) is 13.7. The fourth-order valence-corrected chi connectivity index (χ4v) is 1.76. The first-order chi connectivity index (χ1) is 11.6. The van der Waals surface area contributed by atoms with Crippen molar-refractivity contribution in [3.63, 3.8) is 0 Å². The number of alkyl halides is 8. The molecule has 0 aromatic heterocycles. The highest BCUT2D eigenvalue weighted by Gasteiger charge is 2.57. The molecule has 146 valence electrons. The van der Waals surface area contributed by atoms with E-state index in [9.17, 15) is 35.1 Å². The highest BCUT2D eigenvalue weighted by Crippen LogP contribution is 2.36. The van der Waals surface area contributed by atoms with Crippen LogP contribution >= 0.6 is 0 Å². The largest absolute Gasteiger partial charge is 0.455 e. The second-order valence-corrected chi connectivity index (χ2v) is 6.05. The van der Waals surface area contributed by atoms with Crippen LogP contribution in [0.4, 0.5) is 40.8 Å². The normalized spacial score (nSPS) is 13.4. The highest BCUT2D eigenvalue weighted by molar-refractivity contribution is 5.53. The fourth-order valence-electron chi connectivity index (χ4n) is 1.76. The molecular weight excluding hydrogens is 372 g/mol. The van der Waals surface area contributed by atoms with Crippen LogP contribution in [0.2, 0.25) is 0 Å². The molecule has 1 aromatic rings. The average Bonchev–Trinajstić information content (AvgIpc) is 2.49. The summed E-state index contributed by atoms with van der Waals surface area (Å²) in [5.74, 6) is -2.71. The summed E-state index contributed by atoms with van der Waals surface area (Å²) in [6.07, 6.45) is -5.25. The quantitative estimate of drug-likeness (QED) is 0.540. The Morgan fingerprint density at radius 1 is 1.00 bits per heavy atom. The third kappa shape index (κ3) is 5.76. The SMILES string of the molecule is C#CC(C)(C)NCc1cc(C(F)(F)F)ccc1NCC(F)(F)C(F)(F)F. The molecule has 2 N–H and O–H groups in total. The van der Waals surface area contributed by atoms with Gasteiger partial charge in [0.15, 0.2) is 0 Å². The number of terminal acetylenes is 1. The molecule has 0 radical (unpaired) electrons. The van der Waals surface area contributed by atoms with Gasteiger partial charge < -0.3 is 5.32 Å². The summed E-state index contributed by atoms with van der Waals surface area (Å²) in [6.45, 7) is 1.01. The van der Waals surface area contributed by atoms with Crippen LogP contribution in [-0.2, 0) is 12.7 Å². The van der Waals surface area contributed by atoms with E-state index in [1.807, 2.05) is 5.32 Å². The van der Waals surface area contributed by atoms with Crippen molar-refractivity contribution in [3.05, 3.63) is 29.3 Å². The molecule has 2 nitrogen and oxygen atoms in total. The molecule has 0 saturated heterocycles. The minimum Gasteiger partial charge on any atom is -0.378 e. The molecule has 0 aliphatic rings. The minimum atomic E-state index is -5.78. The molecule has 0 saturated carbocycles. The monoisotopic (exact) mass is 388 g/mol. The highest BCUT2D eigenvalue weighted by atomic mass is 19.4. The Morgan fingerprint density at radius 2 is 1.58 bits per heavy atom. The van der Waals surface area contributed by atoms with Crippen molar-refractivity contribution in [3.8, 4) is 12.3 Å². The number of hydrogen-bond acceptors (Lipinski definition) is 2. The Morgan fingerprint density at radius 3 is 2.04 bits per heavy atom. The Balaban J connectivity index is 3.12. The van der Waals surface area contributed by atoms with Gasteiger partial charge in [-0.1, -0.05) is 5.92 Å². The fraction of sp³-hybridized carbons (Fsp3) is 0.500. The Bertz CT molecular complexity index is 668. The van der Waals surface area contributed by atoms with Gasteiger partial charge in [0, 0.05) is 12.2 Å². The molecule has 0 heterocycles. The molecule has 0 spiro atoms. The van der Waals surface area contributed by atoms with Crippen molar-refractivity contribution in [1.29, 1.82) is 0 Å². The molecule has 0 amide bonds. The van der Waals surface area contributed by atoms with E-state index in [0.717, 1.165) is 6.07 Å². The van der Waals surface area contributed by atoms with Crippen molar-refractivity contribution in [2.24, 2.45) is 0 Å². The van der Waals surface area contributed by atoms with Gasteiger partial charge in [0.2, 0.25) is 0 Å². The van der Waals surface area contributed by atoms with Crippen LogP contribution in [-0.4, -0.2) is 24.2 Å². The zero-order chi connectivity index (χ0) is 20.4. The van der Waals surface area contributed by atoms with Crippen LogP contribution in [0.1, 0.15) is 25.0 Å². The van der Waals surface area contributed by atoms with Gasteiger partial charge in [-0.25, -0.2) is 0 Å². The number of nitrogens with one attached hydrogen (secondary N) is 2. The second kappa shape index (κ2) is 7.31. The molecule has 0 bridgehead atoms. The van der Waals surface area contributed by atoms with E-state index in [4.69, 9.17) is 6.42 Å². The lowest BCUT2D eigenvalue weighted by molar-refractivity contribution is -0.275. The van der Waals surface area contributed by atoms with Gasteiger partial charge >= 0.3 is 18.3 Å². The topological polar surface area (TPSA) is 24.1 Å². The van der Waals surface area contributed by atoms with Crippen molar-refractivity contribution in [2.75, 3.05) is 11.9 Å². The molecule has 0 aliphatic carbocycles. The van der Waals surface area contributed by atoms with Crippen LogP contribution in [0.5, 0.6) is 0 Å². The standard InChI is InChI=1S/C16H16F8N2/c1-4-13(2,3)26-8-10-7-11(15(19,20)21)5-6-12(10)25-9-14(17,18)16(22,23)24/h1,5-7,25-26H,8-9H2,2-3H3. The number of anilines is 1. The smallest absolute Gasteiger partial charge is 0.378 e. The van der Waals surface area contributed by atoms with E-state index < -0.39 is 35.9 Å². The molecule has 1 aromatic carbocycles. The summed E-state index contributed by atoms with van der Waals surface area (Å²) >= 11 is 0. The second-order valence-electron chi connectivity index (χ2n) is 6.05. The maximum atomic E-state index is 13.0. The number of benzene rings is 1. The van der Waals surface area contributed by atoms with Crippen molar-refractivity contribution in [1.82, 2.24) is 5.32 Å². The lowest BCUT2D eigenvalue weighted by Crippen LogP contribution is -2.42. The van der Waals surface area contributed by atoms with E-state index >= 15 is 0 Å². The molecule has 0 unspecified atom stereocenters. The predicted molar refractivity (Wildman–Crippen MR) is 80.7 cm³/mol. The molecular formula is C16H16F8N2. The summed E-state index contributed by atoms with van der Waals surface area (Å²) in [6, 6.07) is 2.05. The Hall–Kier alpha value is -2.02. The first kappa shape index (κ1) is 22.0. The van der Waals surface area contributed by atoms with Crippen LogP contribution in [0.3, 0.4) is 0 Å². The van der Waals surface area contributed by atoms with Gasteiger partial charge in [0.05, 0.1) is 17.6 Å². The zero-order valence-electron chi connectivity index (χ0n) is 13.7. The first-order valence-electron chi connectivity index (χ1n) is 7.20. The van der Waals surface area contributed by atoms with Gasteiger partial charge in [-0.2, -0.15) is 35.1 Å². The van der Waals surface area contributed by atoms with E-state index in [-0.39, 0.29) is 17.8 Å². The van der Waals surface area contributed by atoms with Gasteiger partial charge in [-0.05, 0) is 37.6 Å². The summed E-state index contributed by atoms with van der Waals surface area (Å²) in [4.78, 5) is 0. The average molecular weight is 388 g/mol. The molecule has 1 rings (SSSR count). The number of rotatable bonds is 6. The lowest BCUT2D eigenvalue weighted by atomic mass is 10.0. The maximum Gasteiger partial charge on any atom is 0.455 e. The van der Waals surface area contributed by atoms with E-state index in [1.54, 1.807) is 13.8 Å². The Labute approximate surface area is 145 Å². The van der Waals surface area contributed by atoms with Crippen molar-refractivity contribution >= 4 is 5.69 Å². The third-order valence-electron chi connectivity index (χ3n) is 3.43. The van der Waals surface area contributed by atoms with Gasteiger partial charge in [0.25, 0.3) is 0 Å². The van der Waals surface area contributed by atoms with Gasteiger partial charge in [-0.3, -0.25) is 5.32 Å². The van der Waals surface area contributed by atoms with E-state index in [0.29, 0.717) is 12.1 Å². The summed E-state index contributed by atoms with van der Waals surface area (Å²) in [7, 11) is 0. The summed E-state index contributed by atoms with van der Waals surface area (Å²) in [5.41, 5.74) is -2.44. The van der Waals surface area contributed by atoms with Crippen LogP contribution in [0.15, 0.2) is 18.2 Å². The molecule has 10 heteroatoms. The minimum absolute atomic E-state index is 0.152. The summed E-state index contributed by atoms with van der Waals surface area (Å²) < 4.78 is 101. The predicted octanol–water partition coefficient (Wildman–Crippen LogP) is 4.82. The number of halogens is 8. The molecule has 0 aliphatic heterocycles. The van der Waals surface area contributed by atoms with Crippen molar-refractivity contribution in [2.45, 2.75) is 44.2 Å². The van der Waals surface area contributed by atoms with Crippen molar-refractivity contribution < 1.29 is 35.1 Å². The molecule has 0 fully saturated rings. The van der Waals surface area contributed by atoms with Crippen LogP contribution in [0, 0.1) is 12.3 Å². The third-order valence-corrected chi connectivity index (χ3v) is 3.43. The van der Waals surface area contributed by atoms with Gasteiger partial charge in [-0.15, -0.1) is 6.42 Å².